The molecule has 0 saturated heterocycles. The van der Waals surface area contributed by atoms with Crippen LogP contribution in [-0.4, -0.2) is 41.3 Å². The van der Waals surface area contributed by atoms with Crippen LogP contribution < -0.4 is 19.1 Å². The van der Waals surface area contributed by atoms with Gasteiger partial charge in [0, 0.05) is 22.8 Å². The molecule has 2 aromatic carbocycles. The number of carbonyl (C=O) groups excluding carboxylic acids is 1. The number of ether oxygens (including phenoxy) is 2. The van der Waals surface area contributed by atoms with Crippen molar-refractivity contribution in [2.45, 2.75) is 0 Å². The lowest BCUT2D eigenvalue weighted by atomic mass is 10.2. The van der Waals surface area contributed by atoms with Gasteiger partial charge in [-0.05, 0) is 24.3 Å². The van der Waals surface area contributed by atoms with Crippen molar-refractivity contribution in [2.24, 2.45) is 0 Å². The molecule has 0 aliphatic rings. The van der Waals surface area contributed by atoms with Gasteiger partial charge in [-0.3, -0.25) is 9.10 Å². The summed E-state index contributed by atoms with van der Waals surface area (Å²) in [5, 5.41) is 3.38. The van der Waals surface area contributed by atoms with Crippen molar-refractivity contribution in [3.05, 3.63) is 46.4 Å². The number of rotatable bonds is 7. The van der Waals surface area contributed by atoms with Gasteiger partial charge in [-0.25, -0.2) is 8.42 Å². The molecule has 27 heavy (non-hydrogen) atoms. The van der Waals surface area contributed by atoms with Crippen LogP contribution in [0.15, 0.2) is 36.4 Å². The van der Waals surface area contributed by atoms with Crippen molar-refractivity contribution in [3.8, 4) is 11.5 Å². The van der Waals surface area contributed by atoms with E-state index in [0.29, 0.717) is 10.7 Å². The number of hydrogen-bond acceptors (Lipinski definition) is 5. The minimum absolute atomic E-state index is 0.132. The highest BCUT2D eigenvalue weighted by molar-refractivity contribution is 7.92. The minimum atomic E-state index is -3.81. The summed E-state index contributed by atoms with van der Waals surface area (Å²) < 4.78 is 35.9. The van der Waals surface area contributed by atoms with Crippen molar-refractivity contribution in [1.82, 2.24) is 0 Å². The van der Waals surface area contributed by atoms with Crippen molar-refractivity contribution in [2.75, 3.05) is 36.6 Å². The first-order valence-electron chi connectivity index (χ1n) is 7.60. The van der Waals surface area contributed by atoms with E-state index in [9.17, 15) is 13.2 Å². The van der Waals surface area contributed by atoms with Crippen LogP contribution in [0.1, 0.15) is 0 Å². The van der Waals surface area contributed by atoms with Gasteiger partial charge in [0.25, 0.3) is 0 Å². The molecule has 0 spiro atoms. The SMILES string of the molecule is COc1cc(N(CC(=O)Nc2ccc(Cl)cc2)S(C)(=O)=O)c(OC)cc1Cl. The molecular formula is C17H18Cl2N2O5S. The molecule has 1 amide bonds. The van der Waals surface area contributed by atoms with Gasteiger partial charge < -0.3 is 14.8 Å². The van der Waals surface area contributed by atoms with Crippen LogP contribution >= 0.6 is 23.2 Å². The molecular weight excluding hydrogens is 415 g/mol. The highest BCUT2D eigenvalue weighted by Crippen LogP contribution is 2.38. The number of halogens is 2. The predicted octanol–water partition coefficient (Wildman–Crippen LogP) is 3.42. The van der Waals surface area contributed by atoms with E-state index >= 15 is 0 Å². The van der Waals surface area contributed by atoms with Crippen LogP contribution in [0.2, 0.25) is 10.0 Å². The number of carbonyl (C=O) groups is 1. The number of nitrogens with one attached hydrogen (secondary N) is 1. The highest BCUT2D eigenvalue weighted by atomic mass is 35.5. The third kappa shape index (κ3) is 5.41. The summed E-state index contributed by atoms with van der Waals surface area (Å²) in [5.74, 6) is -0.108. The maximum absolute atomic E-state index is 12.4. The summed E-state index contributed by atoms with van der Waals surface area (Å²) in [6, 6.07) is 9.26. The van der Waals surface area contributed by atoms with E-state index in [-0.39, 0.29) is 22.2 Å². The Bertz CT molecular complexity index is 933. The second-order valence-electron chi connectivity index (χ2n) is 5.48. The van der Waals surface area contributed by atoms with E-state index in [1.165, 1.54) is 26.4 Å². The normalized spacial score (nSPS) is 11.0. The van der Waals surface area contributed by atoms with Crippen LogP contribution in [0.4, 0.5) is 11.4 Å². The predicted molar refractivity (Wildman–Crippen MR) is 107 cm³/mol. The van der Waals surface area contributed by atoms with Gasteiger partial charge in [0.2, 0.25) is 15.9 Å². The largest absolute Gasteiger partial charge is 0.495 e. The lowest BCUT2D eigenvalue weighted by molar-refractivity contribution is -0.114. The number of hydrogen-bond donors (Lipinski definition) is 1. The van der Waals surface area contributed by atoms with Gasteiger partial charge in [-0.1, -0.05) is 23.2 Å². The van der Waals surface area contributed by atoms with Crippen LogP contribution in [0.3, 0.4) is 0 Å². The van der Waals surface area contributed by atoms with Crippen LogP contribution in [0, 0.1) is 0 Å². The van der Waals surface area contributed by atoms with Crippen LogP contribution in [0.25, 0.3) is 0 Å². The van der Waals surface area contributed by atoms with Crippen molar-refractivity contribution in [1.29, 1.82) is 0 Å². The maximum atomic E-state index is 12.4. The molecule has 0 atom stereocenters. The molecule has 0 aliphatic carbocycles. The topological polar surface area (TPSA) is 84.9 Å². The van der Waals surface area contributed by atoms with Gasteiger partial charge in [0.15, 0.2) is 0 Å². The van der Waals surface area contributed by atoms with Crippen LogP contribution in [0.5, 0.6) is 11.5 Å². The Balaban J connectivity index is 2.36. The number of sulfonamides is 1. The zero-order valence-corrected chi connectivity index (χ0v) is 17.2. The van der Waals surface area contributed by atoms with Crippen molar-refractivity contribution < 1.29 is 22.7 Å². The molecule has 0 heterocycles. The zero-order chi connectivity index (χ0) is 20.2. The first kappa shape index (κ1) is 21.1. The second kappa shape index (κ2) is 8.69. The van der Waals surface area contributed by atoms with E-state index in [4.69, 9.17) is 32.7 Å². The van der Waals surface area contributed by atoms with Gasteiger partial charge >= 0.3 is 0 Å². The Kier molecular flexibility index (Phi) is 6.80. The Morgan fingerprint density at radius 1 is 1.07 bits per heavy atom. The molecule has 1 N–H and O–H groups in total. The van der Waals surface area contributed by atoms with Crippen molar-refractivity contribution in [3.63, 3.8) is 0 Å². The molecule has 0 aliphatic heterocycles. The summed E-state index contributed by atoms with van der Waals surface area (Å²) in [6.07, 6.45) is 0.989. The number of benzene rings is 2. The Morgan fingerprint density at radius 2 is 1.67 bits per heavy atom. The van der Waals surface area contributed by atoms with Crippen molar-refractivity contribution >= 4 is 50.5 Å². The fraction of sp³-hybridized carbons (Fsp3) is 0.235. The van der Waals surface area contributed by atoms with Gasteiger partial charge in [-0.15, -0.1) is 0 Å². The molecule has 7 nitrogen and oxygen atoms in total. The number of nitrogens with zero attached hydrogens (tertiary/aromatic N) is 1. The zero-order valence-electron chi connectivity index (χ0n) is 14.8. The summed E-state index contributed by atoms with van der Waals surface area (Å²) in [6.45, 7) is -0.470. The molecule has 146 valence electrons. The summed E-state index contributed by atoms with van der Waals surface area (Å²) in [7, 11) is -1.04. The van der Waals surface area contributed by atoms with Crippen LogP contribution in [-0.2, 0) is 14.8 Å². The third-order valence-electron chi connectivity index (χ3n) is 3.54. The average molecular weight is 433 g/mol. The molecule has 0 saturated carbocycles. The molecule has 0 bridgehead atoms. The number of anilines is 2. The minimum Gasteiger partial charge on any atom is -0.495 e. The first-order chi connectivity index (χ1) is 12.7. The fourth-order valence-corrected chi connectivity index (χ4v) is 3.49. The molecule has 0 aromatic heterocycles. The summed E-state index contributed by atoms with van der Waals surface area (Å²) >= 11 is 11.9. The maximum Gasteiger partial charge on any atom is 0.245 e. The average Bonchev–Trinajstić information content (AvgIpc) is 2.60. The fourth-order valence-electron chi connectivity index (χ4n) is 2.28. The molecule has 0 radical (unpaired) electrons. The van der Waals surface area contributed by atoms with E-state index in [1.54, 1.807) is 24.3 Å². The van der Waals surface area contributed by atoms with E-state index < -0.39 is 22.5 Å². The highest BCUT2D eigenvalue weighted by Gasteiger charge is 2.25. The Labute approximate surface area is 167 Å². The first-order valence-corrected chi connectivity index (χ1v) is 10.2. The quantitative estimate of drug-likeness (QED) is 0.724. The molecule has 2 rings (SSSR count). The number of methoxy groups -OCH3 is 2. The lowest BCUT2D eigenvalue weighted by Crippen LogP contribution is -2.37. The van der Waals surface area contributed by atoms with E-state index in [1.807, 2.05) is 0 Å². The lowest BCUT2D eigenvalue weighted by Gasteiger charge is -2.24. The van der Waals surface area contributed by atoms with Gasteiger partial charge in [0.1, 0.15) is 18.0 Å². The summed E-state index contributed by atoms with van der Waals surface area (Å²) in [4.78, 5) is 12.4. The molecule has 2 aromatic rings. The van der Waals surface area contributed by atoms with Gasteiger partial charge in [0.05, 0.1) is 31.2 Å². The Morgan fingerprint density at radius 3 is 2.19 bits per heavy atom. The molecule has 0 fully saturated rings. The molecule has 0 unspecified atom stereocenters. The molecule has 10 heteroatoms. The van der Waals surface area contributed by atoms with E-state index in [0.717, 1.165) is 10.6 Å². The monoisotopic (exact) mass is 432 g/mol. The standard InChI is InChI=1S/C17H18Cl2N2O5S/c1-25-15-9-14(16(26-2)8-13(15)19)21(27(3,23)24)10-17(22)20-12-6-4-11(18)5-7-12/h4-9H,10H2,1-3H3,(H,20,22). The third-order valence-corrected chi connectivity index (χ3v) is 5.21. The van der Waals surface area contributed by atoms with Gasteiger partial charge in [-0.2, -0.15) is 0 Å². The second-order valence-corrected chi connectivity index (χ2v) is 8.23. The van der Waals surface area contributed by atoms with E-state index in [2.05, 4.69) is 5.32 Å². The summed E-state index contributed by atoms with van der Waals surface area (Å²) in [5.41, 5.74) is 0.617. The Hall–Kier alpha value is -2.16. The number of amides is 1. The smallest absolute Gasteiger partial charge is 0.245 e.